The lowest BCUT2D eigenvalue weighted by Gasteiger charge is -2.10. The number of nitrogens with one attached hydrogen (secondary N) is 2. The number of hydrogen-bond donors (Lipinski definition) is 3. The van der Waals surface area contributed by atoms with E-state index >= 15 is 0 Å². The van der Waals surface area contributed by atoms with Crippen LogP contribution in [0.4, 0.5) is 5.69 Å². The lowest BCUT2D eigenvalue weighted by atomic mass is 10.3. The molecule has 3 N–H and O–H groups in total. The molecule has 0 unspecified atom stereocenters. The molecule has 140 valence electrons. The van der Waals surface area contributed by atoms with Gasteiger partial charge in [-0.15, -0.1) is 0 Å². The van der Waals surface area contributed by atoms with Crippen LogP contribution >= 0.6 is 23.2 Å². The fraction of sp³-hybridized carbons (Fsp3) is 0.188. The Labute approximate surface area is 160 Å². The predicted octanol–water partition coefficient (Wildman–Crippen LogP) is 2.28. The van der Waals surface area contributed by atoms with Crippen molar-refractivity contribution in [2.75, 3.05) is 24.5 Å². The molecule has 0 radical (unpaired) electrons. The minimum absolute atomic E-state index is 0.00526. The fourth-order valence-electron chi connectivity index (χ4n) is 1.94. The van der Waals surface area contributed by atoms with Crippen LogP contribution in [-0.2, 0) is 14.8 Å². The standard InChI is InChI=1S/C16H16Cl2N2O5S/c17-11-7-12(18)9-13(8-11)20-26(23,24)15-3-1-14(2-4-15)25-10-16(22)19-5-6-21/h1-4,7-9,20-21H,5-6,10H2,(H,19,22). The molecular weight excluding hydrogens is 403 g/mol. The molecule has 0 saturated carbocycles. The number of carbonyl (C=O) groups excluding carboxylic acids is 1. The molecule has 0 saturated heterocycles. The third kappa shape index (κ3) is 6.06. The van der Waals surface area contributed by atoms with E-state index in [2.05, 4.69) is 10.0 Å². The quantitative estimate of drug-likeness (QED) is 0.609. The lowest BCUT2D eigenvalue weighted by Crippen LogP contribution is -2.31. The van der Waals surface area contributed by atoms with E-state index in [4.69, 9.17) is 33.0 Å². The van der Waals surface area contributed by atoms with E-state index in [0.29, 0.717) is 15.8 Å². The van der Waals surface area contributed by atoms with E-state index in [1.807, 2.05) is 0 Å². The maximum Gasteiger partial charge on any atom is 0.261 e. The number of carbonyl (C=O) groups is 1. The molecule has 0 aromatic heterocycles. The van der Waals surface area contributed by atoms with E-state index in [1.54, 1.807) is 0 Å². The largest absolute Gasteiger partial charge is 0.484 e. The van der Waals surface area contributed by atoms with Crippen molar-refractivity contribution < 1.29 is 23.1 Å². The molecule has 0 aliphatic carbocycles. The highest BCUT2D eigenvalue weighted by Gasteiger charge is 2.15. The number of rotatable bonds is 8. The van der Waals surface area contributed by atoms with Crippen LogP contribution < -0.4 is 14.8 Å². The summed E-state index contributed by atoms with van der Waals surface area (Å²) in [6.07, 6.45) is 0. The van der Waals surface area contributed by atoms with Crippen molar-refractivity contribution in [3.05, 3.63) is 52.5 Å². The molecule has 0 bridgehead atoms. The molecule has 0 spiro atoms. The Morgan fingerprint density at radius 3 is 2.27 bits per heavy atom. The van der Waals surface area contributed by atoms with E-state index in [0.717, 1.165) is 0 Å². The highest BCUT2D eigenvalue weighted by molar-refractivity contribution is 7.92. The minimum Gasteiger partial charge on any atom is -0.484 e. The van der Waals surface area contributed by atoms with Crippen molar-refractivity contribution in [3.63, 3.8) is 0 Å². The van der Waals surface area contributed by atoms with Crippen molar-refractivity contribution in [1.29, 1.82) is 0 Å². The van der Waals surface area contributed by atoms with Gasteiger partial charge in [-0.2, -0.15) is 0 Å². The Bertz CT molecular complexity index is 852. The fourth-order valence-corrected chi connectivity index (χ4v) is 3.50. The highest BCUT2D eigenvalue weighted by Crippen LogP contribution is 2.25. The number of sulfonamides is 1. The van der Waals surface area contributed by atoms with Gasteiger partial charge in [0.2, 0.25) is 0 Å². The second kappa shape index (κ2) is 9.09. The summed E-state index contributed by atoms with van der Waals surface area (Å²) in [5, 5.41) is 11.7. The van der Waals surface area contributed by atoms with Crippen LogP contribution in [-0.4, -0.2) is 39.2 Å². The maximum absolute atomic E-state index is 12.4. The van der Waals surface area contributed by atoms with Gasteiger partial charge in [0.1, 0.15) is 5.75 Å². The van der Waals surface area contributed by atoms with Gasteiger partial charge in [-0.1, -0.05) is 23.2 Å². The number of ether oxygens (including phenoxy) is 1. The molecule has 26 heavy (non-hydrogen) atoms. The minimum atomic E-state index is -3.84. The third-order valence-electron chi connectivity index (χ3n) is 3.05. The molecule has 10 heteroatoms. The molecular formula is C16H16Cl2N2O5S. The van der Waals surface area contributed by atoms with Gasteiger partial charge in [-0.25, -0.2) is 8.42 Å². The number of anilines is 1. The van der Waals surface area contributed by atoms with Gasteiger partial charge in [0.15, 0.2) is 6.61 Å². The van der Waals surface area contributed by atoms with Crippen LogP contribution in [0.25, 0.3) is 0 Å². The Morgan fingerprint density at radius 1 is 1.08 bits per heavy atom. The molecule has 1 amide bonds. The molecule has 0 aliphatic heterocycles. The van der Waals surface area contributed by atoms with E-state index in [9.17, 15) is 13.2 Å². The molecule has 0 fully saturated rings. The summed E-state index contributed by atoms with van der Waals surface area (Å²) in [5.41, 5.74) is 0.239. The number of aliphatic hydroxyl groups is 1. The molecule has 2 aromatic rings. The van der Waals surface area contributed by atoms with Crippen molar-refractivity contribution in [3.8, 4) is 5.75 Å². The molecule has 2 rings (SSSR count). The smallest absolute Gasteiger partial charge is 0.261 e. The summed E-state index contributed by atoms with van der Waals surface area (Å²) in [6, 6.07) is 9.91. The number of amides is 1. The Morgan fingerprint density at radius 2 is 1.69 bits per heavy atom. The van der Waals surface area contributed by atoms with Crippen LogP contribution in [0.3, 0.4) is 0 Å². The summed E-state index contributed by atoms with van der Waals surface area (Å²) in [7, 11) is -3.84. The molecule has 2 aromatic carbocycles. The van der Waals surface area contributed by atoms with Crippen LogP contribution in [0.5, 0.6) is 5.75 Å². The summed E-state index contributed by atoms with van der Waals surface area (Å²) in [6.45, 7) is -0.271. The Kier molecular flexibility index (Phi) is 7.10. The van der Waals surface area contributed by atoms with Crippen LogP contribution in [0.1, 0.15) is 0 Å². The van der Waals surface area contributed by atoms with Crippen LogP contribution in [0.2, 0.25) is 10.0 Å². The van der Waals surface area contributed by atoms with Gasteiger partial charge in [-0.05, 0) is 42.5 Å². The van der Waals surface area contributed by atoms with Crippen molar-refractivity contribution in [2.45, 2.75) is 4.90 Å². The second-order valence-electron chi connectivity index (χ2n) is 5.10. The first kappa shape index (κ1) is 20.3. The zero-order valence-corrected chi connectivity index (χ0v) is 15.7. The van der Waals surface area contributed by atoms with Crippen LogP contribution in [0.15, 0.2) is 47.4 Å². The normalized spacial score (nSPS) is 11.0. The molecule has 7 nitrogen and oxygen atoms in total. The zero-order valence-electron chi connectivity index (χ0n) is 13.4. The average Bonchev–Trinajstić information content (AvgIpc) is 2.57. The maximum atomic E-state index is 12.4. The number of hydrogen-bond acceptors (Lipinski definition) is 5. The third-order valence-corrected chi connectivity index (χ3v) is 4.89. The van der Waals surface area contributed by atoms with Gasteiger partial charge in [-0.3, -0.25) is 9.52 Å². The zero-order chi connectivity index (χ0) is 19.2. The molecule has 0 heterocycles. The SMILES string of the molecule is O=C(COc1ccc(S(=O)(=O)Nc2cc(Cl)cc(Cl)c2)cc1)NCCO. The summed E-state index contributed by atoms with van der Waals surface area (Å²) in [4.78, 5) is 11.4. The Balaban J connectivity index is 2.03. The first-order chi connectivity index (χ1) is 12.3. The van der Waals surface area contributed by atoms with Gasteiger partial charge in [0.05, 0.1) is 17.2 Å². The Hall–Kier alpha value is -2.00. The lowest BCUT2D eigenvalue weighted by molar-refractivity contribution is -0.123. The van der Waals surface area contributed by atoms with Crippen molar-refractivity contribution in [1.82, 2.24) is 5.32 Å². The van der Waals surface area contributed by atoms with Crippen molar-refractivity contribution in [2.24, 2.45) is 0 Å². The monoisotopic (exact) mass is 418 g/mol. The molecule has 0 atom stereocenters. The van der Waals surface area contributed by atoms with Crippen molar-refractivity contribution >= 4 is 44.8 Å². The predicted molar refractivity (Wildman–Crippen MR) is 99.3 cm³/mol. The highest BCUT2D eigenvalue weighted by atomic mass is 35.5. The number of benzene rings is 2. The van der Waals surface area contributed by atoms with E-state index in [-0.39, 0.29) is 30.3 Å². The number of halogens is 2. The van der Waals surface area contributed by atoms with E-state index < -0.39 is 15.9 Å². The second-order valence-corrected chi connectivity index (χ2v) is 7.65. The van der Waals surface area contributed by atoms with Crippen LogP contribution in [0, 0.1) is 0 Å². The van der Waals surface area contributed by atoms with Gasteiger partial charge in [0, 0.05) is 16.6 Å². The first-order valence-electron chi connectivity index (χ1n) is 7.39. The average molecular weight is 419 g/mol. The topological polar surface area (TPSA) is 105 Å². The first-order valence-corrected chi connectivity index (χ1v) is 9.63. The van der Waals surface area contributed by atoms with Gasteiger partial charge >= 0.3 is 0 Å². The van der Waals surface area contributed by atoms with E-state index in [1.165, 1.54) is 42.5 Å². The number of aliphatic hydroxyl groups excluding tert-OH is 1. The summed E-state index contributed by atoms with van der Waals surface area (Å²) < 4.78 is 32.4. The molecule has 0 aliphatic rings. The summed E-state index contributed by atoms with van der Waals surface area (Å²) in [5.74, 6) is -0.0656. The van der Waals surface area contributed by atoms with Gasteiger partial charge in [0.25, 0.3) is 15.9 Å². The summed E-state index contributed by atoms with van der Waals surface area (Å²) >= 11 is 11.7. The van der Waals surface area contributed by atoms with Gasteiger partial charge < -0.3 is 15.2 Å².